The van der Waals surface area contributed by atoms with Gasteiger partial charge in [-0.15, -0.1) is 11.6 Å². The van der Waals surface area contributed by atoms with Crippen LogP contribution in [0.1, 0.15) is 34.9 Å². The van der Waals surface area contributed by atoms with E-state index < -0.39 is 0 Å². The predicted molar refractivity (Wildman–Crippen MR) is 85.8 cm³/mol. The molecule has 0 N–H and O–H groups in total. The SMILES string of the molecule is Cc1ccc2nc(C(C)Cl)n(Cc3cn(C)nc3C)c2c1. The summed E-state index contributed by atoms with van der Waals surface area (Å²) in [5.74, 6) is 0.903. The molecule has 110 valence electrons. The Morgan fingerprint density at radius 3 is 2.67 bits per heavy atom. The zero-order valence-electron chi connectivity index (χ0n) is 12.8. The van der Waals surface area contributed by atoms with Crippen LogP contribution in [0.25, 0.3) is 11.0 Å². The molecule has 0 bridgehead atoms. The number of imidazole rings is 1. The van der Waals surface area contributed by atoms with Gasteiger partial charge in [0.15, 0.2) is 0 Å². The Kier molecular flexibility index (Phi) is 3.49. The molecule has 21 heavy (non-hydrogen) atoms. The molecule has 4 nitrogen and oxygen atoms in total. The zero-order valence-corrected chi connectivity index (χ0v) is 13.5. The lowest BCUT2D eigenvalue weighted by Crippen LogP contribution is -2.06. The molecule has 5 heteroatoms. The molecule has 1 aromatic carbocycles. The predicted octanol–water partition coefficient (Wildman–Crippen LogP) is 3.73. The van der Waals surface area contributed by atoms with Crippen LogP contribution < -0.4 is 0 Å². The van der Waals surface area contributed by atoms with Gasteiger partial charge in [-0.1, -0.05) is 6.07 Å². The van der Waals surface area contributed by atoms with Gasteiger partial charge in [-0.05, 0) is 38.5 Å². The maximum atomic E-state index is 6.33. The van der Waals surface area contributed by atoms with Crippen molar-refractivity contribution in [3.8, 4) is 0 Å². The number of nitrogens with zero attached hydrogens (tertiary/aromatic N) is 4. The number of hydrogen-bond donors (Lipinski definition) is 0. The number of halogens is 1. The van der Waals surface area contributed by atoms with Crippen LogP contribution in [0.4, 0.5) is 0 Å². The molecule has 0 saturated carbocycles. The number of hydrogen-bond acceptors (Lipinski definition) is 2. The number of alkyl halides is 1. The van der Waals surface area contributed by atoms with Crippen molar-refractivity contribution in [2.75, 3.05) is 0 Å². The van der Waals surface area contributed by atoms with Gasteiger partial charge in [0.05, 0.1) is 28.6 Å². The first-order chi connectivity index (χ1) is 9.95. The van der Waals surface area contributed by atoms with Gasteiger partial charge in [-0.2, -0.15) is 5.10 Å². The summed E-state index contributed by atoms with van der Waals surface area (Å²) < 4.78 is 4.04. The fraction of sp³-hybridized carbons (Fsp3) is 0.375. The molecule has 0 spiro atoms. The zero-order chi connectivity index (χ0) is 15.1. The van der Waals surface area contributed by atoms with E-state index in [0.29, 0.717) is 0 Å². The first-order valence-corrected chi connectivity index (χ1v) is 7.49. The molecule has 1 unspecified atom stereocenters. The number of rotatable bonds is 3. The maximum Gasteiger partial charge on any atom is 0.128 e. The summed E-state index contributed by atoms with van der Waals surface area (Å²) in [5, 5.41) is 4.28. The lowest BCUT2D eigenvalue weighted by atomic mass is 10.2. The second-order valence-electron chi connectivity index (χ2n) is 5.58. The van der Waals surface area contributed by atoms with Gasteiger partial charge >= 0.3 is 0 Å². The summed E-state index contributed by atoms with van der Waals surface area (Å²) in [5.41, 5.74) is 5.57. The average Bonchev–Trinajstić information content (AvgIpc) is 2.91. The highest BCUT2D eigenvalue weighted by atomic mass is 35.5. The van der Waals surface area contributed by atoms with E-state index in [9.17, 15) is 0 Å². The van der Waals surface area contributed by atoms with E-state index in [2.05, 4.69) is 46.0 Å². The number of aromatic nitrogens is 4. The first-order valence-electron chi connectivity index (χ1n) is 7.05. The third kappa shape index (κ3) is 2.56. The van der Waals surface area contributed by atoms with Crippen molar-refractivity contribution in [2.24, 2.45) is 7.05 Å². The second-order valence-corrected chi connectivity index (χ2v) is 6.23. The fourth-order valence-corrected chi connectivity index (χ4v) is 2.86. The summed E-state index contributed by atoms with van der Waals surface area (Å²) in [4.78, 5) is 4.69. The van der Waals surface area contributed by atoms with Crippen LogP contribution in [0.3, 0.4) is 0 Å². The van der Waals surface area contributed by atoms with Gasteiger partial charge in [0.25, 0.3) is 0 Å². The number of aryl methyl sites for hydroxylation is 3. The molecule has 2 aromatic heterocycles. The fourth-order valence-electron chi connectivity index (χ4n) is 2.70. The lowest BCUT2D eigenvalue weighted by molar-refractivity contribution is 0.737. The minimum absolute atomic E-state index is 0.130. The number of fused-ring (bicyclic) bond motifs is 1. The van der Waals surface area contributed by atoms with Crippen LogP contribution >= 0.6 is 11.6 Å². The van der Waals surface area contributed by atoms with E-state index in [1.54, 1.807) is 0 Å². The molecule has 0 fully saturated rings. The van der Waals surface area contributed by atoms with E-state index in [1.165, 1.54) is 11.1 Å². The molecular weight excluding hydrogens is 284 g/mol. The largest absolute Gasteiger partial charge is 0.322 e. The first kappa shape index (κ1) is 14.1. The van der Waals surface area contributed by atoms with Crippen LogP contribution in [0.2, 0.25) is 0 Å². The quantitative estimate of drug-likeness (QED) is 0.691. The highest BCUT2D eigenvalue weighted by Crippen LogP contribution is 2.26. The van der Waals surface area contributed by atoms with Crippen LogP contribution in [0, 0.1) is 13.8 Å². The highest BCUT2D eigenvalue weighted by molar-refractivity contribution is 6.20. The monoisotopic (exact) mass is 302 g/mol. The number of benzene rings is 1. The van der Waals surface area contributed by atoms with Gasteiger partial charge in [-0.25, -0.2) is 4.98 Å². The Bertz CT molecular complexity index is 798. The van der Waals surface area contributed by atoms with Gasteiger partial charge < -0.3 is 4.57 Å². The van der Waals surface area contributed by atoms with Crippen LogP contribution in [0.15, 0.2) is 24.4 Å². The van der Waals surface area contributed by atoms with Crippen molar-refractivity contribution in [3.63, 3.8) is 0 Å². The van der Waals surface area contributed by atoms with Crippen molar-refractivity contribution in [1.82, 2.24) is 19.3 Å². The Hall–Kier alpha value is -1.81. The van der Waals surface area contributed by atoms with E-state index in [-0.39, 0.29) is 5.38 Å². The second kappa shape index (κ2) is 5.19. The van der Waals surface area contributed by atoms with Crippen molar-refractivity contribution in [1.29, 1.82) is 0 Å². The molecule has 3 aromatic rings. The van der Waals surface area contributed by atoms with Crippen molar-refractivity contribution < 1.29 is 0 Å². The average molecular weight is 303 g/mol. The summed E-state index contributed by atoms with van der Waals surface area (Å²) in [7, 11) is 1.94. The van der Waals surface area contributed by atoms with E-state index >= 15 is 0 Å². The molecule has 1 atom stereocenters. The Labute approximate surface area is 129 Å². The Balaban J connectivity index is 2.17. The lowest BCUT2D eigenvalue weighted by Gasteiger charge is -2.10. The highest BCUT2D eigenvalue weighted by Gasteiger charge is 2.16. The van der Waals surface area contributed by atoms with Crippen LogP contribution in [-0.2, 0) is 13.6 Å². The summed E-state index contributed by atoms with van der Waals surface area (Å²) in [6.45, 7) is 6.83. The minimum Gasteiger partial charge on any atom is -0.322 e. The maximum absolute atomic E-state index is 6.33. The van der Waals surface area contributed by atoms with Crippen molar-refractivity contribution in [3.05, 3.63) is 47.0 Å². The summed E-state index contributed by atoms with van der Waals surface area (Å²) >= 11 is 6.33. The van der Waals surface area contributed by atoms with Crippen molar-refractivity contribution in [2.45, 2.75) is 32.7 Å². The van der Waals surface area contributed by atoms with Crippen molar-refractivity contribution >= 4 is 22.6 Å². The summed E-state index contributed by atoms with van der Waals surface area (Å²) in [6, 6.07) is 6.30. The Morgan fingerprint density at radius 2 is 2.05 bits per heavy atom. The molecule has 2 heterocycles. The van der Waals surface area contributed by atoms with E-state index in [0.717, 1.165) is 29.1 Å². The molecular formula is C16H19ClN4. The van der Waals surface area contributed by atoms with E-state index in [1.807, 2.05) is 25.6 Å². The Morgan fingerprint density at radius 1 is 1.29 bits per heavy atom. The molecule has 0 aliphatic rings. The normalized spacial score (nSPS) is 13.0. The molecule has 3 rings (SSSR count). The third-order valence-electron chi connectivity index (χ3n) is 3.73. The molecule has 0 aliphatic carbocycles. The molecule has 0 amide bonds. The topological polar surface area (TPSA) is 35.6 Å². The molecule has 0 radical (unpaired) electrons. The standard InChI is InChI=1S/C16H19ClN4/c1-10-5-6-14-15(7-10)21(16(18-14)11(2)17)9-13-8-20(4)19-12(13)3/h5-8,11H,9H2,1-4H3. The van der Waals surface area contributed by atoms with Gasteiger partial charge in [-0.3, -0.25) is 4.68 Å². The van der Waals surface area contributed by atoms with Crippen LogP contribution in [-0.4, -0.2) is 19.3 Å². The van der Waals surface area contributed by atoms with Gasteiger partial charge in [0.1, 0.15) is 5.82 Å². The van der Waals surface area contributed by atoms with E-state index in [4.69, 9.17) is 11.6 Å². The third-order valence-corrected chi connectivity index (χ3v) is 3.93. The molecule has 0 saturated heterocycles. The van der Waals surface area contributed by atoms with Crippen LogP contribution in [0.5, 0.6) is 0 Å². The minimum atomic E-state index is -0.130. The van der Waals surface area contributed by atoms with Gasteiger partial charge in [0.2, 0.25) is 0 Å². The molecule has 0 aliphatic heterocycles. The smallest absolute Gasteiger partial charge is 0.128 e. The van der Waals surface area contributed by atoms with Gasteiger partial charge in [0, 0.05) is 18.8 Å². The summed E-state index contributed by atoms with van der Waals surface area (Å²) in [6.07, 6.45) is 2.06.